The largest absolute Gasteiger partial charge is 0.315 e. The molecule has 3 heteroatoms. The van der Waals surface area contributed by atoms with E-state index in [4.69, 9.17) is 5.26 Å². The fourth-order valence-corrected chi connectivity index (χ4v) is 0.195. The first-order chi connectivity index (χ1) is 3.31. The molecule has 44 valence electrons. The summed E-state index contributed by atoms with van der Waals surface area (Å²) >= 11 is 0. The van der Waals surface area contributed by atoms with Gasteiger partial charge >= 0.3 is 0 Å². The second kappa shape index (κ2) is 4.05. The lowest BCUT2D eigenvalue weighted by molar-refractivity contribution is -0.245. The van der Waals surface area contributed by atoms with Gasteiger partial charge in [0.1, 0.15) is 0 Å². The van der Waals surface area contributed by atoms with Crippen LogP contribution < -0.4 is 5.32 Å². The first-order valence-corrected chi connectivity index (χ1v) is 2.25. The topological polar surface area (TPSA) is 41.5 Å². The monoisotopic (exact) mass is 105 g/mol. The third-order valence-electron chi connectivity index (χ3n) is 0.817. The van der Waals surface area contributed by atoms with E-state index in [1.165, 1.54) is 0 Å². The molecule has 1 unspecified atom stereocenters. The highest BCUT2D eigenvalue weighted by molar-refractivity contribution is 4.50. The minimum atomic E-state index is 0.227. The van der Waals surface area contributed by atoms with Crippen molar-refractivity contribution in [2.45, 2.75) is 13.0 Å². The van der Waals surface area contributed by atoms with Crippen molar-refractivity contribution in [1.82, 2.24) is 5.32 Å². The predicted molar refractivity (Wildman–Crippen MR) is 27.1 cm³/mol. The first kappa shape index (κ1) is 6.88. The Balaban J connectivity index is 2.83. The summed E-state index contributed by atoms with van der Waals surface area (Å²) in [7, 11) is 1.81. The van der Waals surface area contributed by atoms with Crippen molar-refractivity contribution in [3.8, 4) is 0 Å². The molecular weight excluding hydrogens is 94.0 g/mol. The SMILES string of the molecule is CNC(C)COO. The Kier molecular flexibility index (Phi) is 3.98. The quantitative estimate of drug-likeness (QED) is 0.394. The summed E-state index contributed by atoms with van der Waals surface area (Å²) in [5.74, 6) is 0. The molecule has 0 bridgehead atoms. The average Bonchev–Trinajstić information content (AvgIpc) is 1.68. The van der Waals surface area contributed by atoms with Crippen LogP contribution in [0.1, 0.15) is 6.92 Å². The van der Waals surface area contributed by atoms with Crippen LogP contribution in [0, 0.1) is 0 Å². The maximum atomic E-state index is 7.83. The van der Waals surface area contributed by atoms with Crippen molar-refractivity contribution in [3.05, 3.63) is 0 Å². The highest BCUT2D eigenvalue weighted by Crippen LogP contribution is 1.76. The van der Waals surface area contributed by atoms with E-state index in [9.17, 15) is 0 Å². The first-order valence-electron chi connectivity index (χ1n) is 2.25. The summed E-state index contributed by atoms with van der Waals surface area (Å²) in [5, 5.41) is 10.7. The predicted octanol–water partition coefficient (Wildman–Crippen LogP) is 0.0839. The van der Waals surface area contributed by atoms with E-state index in [2.05, 4.69) is 10.2 Å². The van der Waals surface area contributed by atoms with Crippen molar-refractivity contribution >= 4 is 0 Å². The van der Waals surface area contributed by atoms with Crippen molar-refractivity contribution in [3.63, 3.8) is 0 Å². The molecule has 0 rings (SSSR count). The van der Waals surface area contributed by atoms with Crippen LogP contribution in [0.4, 0.5) is 0 Å². The molecule has 7 heavy (non-hydrogen) atoms. The van der Waals surface area contributed by atoms with E-state index in [1.54, 1.807) is 0 Å². The van der Waals surface area contributed by atoms with Gasteiger partial charge in [-0.3, -0.25) is 5.26 Å². The summed E-state index contributed by atoms with van der Waals surface area (Å²) in [6, 6.07) is 0.227. The molecule has 0 aromatic heterocycles. The lowest BCUT2D eigenvalue weighted by Crippen LogP contribution is -2.25. The van der Waals surface area contributed by atoms with E-state index >= 15 is 0 Å². The number of rotatable bonds is 3. The Morgan fingerprint density at radius 1 is 1.86 bits per heavy atom. The zero-order chi connectivity index (χ0) is 5.70. The van der Waals surface area contributed by atoms with Crippen LogP contribution in [0.5, 0.6) is 0 Å². The highest BCUT2D eigenvalue weighted by Gasteiger charge is 1.93. The van der Waals surface area contributed by atoms with Gasteiger partial charge in [0.2, 0.25) is 0 Å². The van der Waals surface area contributed by atoms with Crippen molar-refractivity contribution in [1.29, 1.82) is 0 Å². The van der Waals surface area contributed by atoms with Crippen LogP contribution in [-0.4, -0.2) is 25.0 Å². The van der Waals surface area contributed by atoms with E-state index in [-0.39, 0.29) is 6.04 Å². The number of hydrogen-bond donors (Lipinski definition) is 2. The lowest BCUT2D eigenvalue weighted by atomic mass is 10.4. The molecule has 0 amide bonds. The number of likely N-dealkylation sites (N-methyl/N-ethyl adjacent to an activating group) is 1. The molecule has 2 N–H and O–H groups in total. The standard InChI is InChI=1S/C4H11NO2/c1-4(5-2)3-7-6/h4-6H,3H2,1-2H3. The van der Waals surface area contributed by atoms with Crippen LogP contribution >= 0.6 is 0 Å². The molecular formula is C4H11NO2. The summed E-state index contributed by atoms with van der Waals surface area (Å²) in [6.45, 7) is 2.26. The van der Waals surface area contributed by atoms with Gasteiger partial charge in [-0.2, -0.15) is 0 Å². The van der Waals surface area contributed by atoms with E-state index < -0.39 is 0 Å². The van der Waals surface area contributed by atoms with Crippen LogP contribution in [-0.2, 0) is 4.89 Å². The molecule has 0 radical (unpaired) electrons. The van der Waals surface area contributed by atoms with Gasteiger partial charge in [-0.15, -0.1) is 0 Å². The molecule has 0 aliphatic carbocycles. The summed E-state index contributed by atoms with van der Waals surface area (Å²) < 4.78 is 0. The van der Waals surface area contributed by atoms with Crippen molar-refractivity contribution < 1.29 is 10.1 Å². The Labute approximate surface area is 43.2 Å². The van der Waals surface area contributed by atoms with Crippen LogP contribution in [0.2, 0.25) is 0 Å². The van der Waals surface area contributed by atoms with E-state index in [0.717, 1.165) is 0 Å². The van der Waals surface area contributed by atoms with Gasteiger partial charge in [0, 0.05) is 6.04 Å². The minimum absolute atomic E-state index is 0.227. The average molecular weight is 105 g/mol. The number of nitrogens with one attached hydrogen (secondary N) is 1. The maximum Gasteiger partial charge on any atom is 0.0969 e. The lowest BCUT2D eigenvalue weighted by Gasteiger charge is -2.04. The molecule has 0 saturated carbocycles. The van der Waals surface area contributed by atoms with Gasteiger partial charge in [0.25, 0.3) is 0 Å². The summed E-state index contributed by atoms with van der Waals surface area (Å²) in [6.07, 6.45) is 0. The Bertz CT molecular complexity index is 40.7. The molecule has 0 aliphatic heterocycles. The number of hydrogen-bond acceptors (Lipinski definition) is 3. The smallest absolute Gasteiger partial charge is 0.0969 e. The minimum Gasteiger partial charge on any atom is -0.315 e. The fourth-order valence-electron chi connectivity index (χ4n) is 0.195. The van der Waals surface area contributed by atoms with Crippen LogP contribution in [0.15, 0.2) is 0 Å². The van der Waals surface area contributed by atoms with Crippen molar-refractivity contribution in [2.24, 2.45) is 0 Å². The molecule has 0 aromatic carbocycles. The van der Waals surface area contributed by atoms with Gasteiger partial charge in [0.05, 0.1) is 6.61 Å². The van der Waals surface area contributed by atoms with E-state index in [0.29, 0.717) is 6.61 Å². The molecule has 0 heterocycles. The van der Waals surface area contributed by atoms with Gasteiger partial charge in [-0.25, -0.2) is 4.89 Å². The van der Waals surface area contributed by atoms with Crippen LogP contribution in [0.3, 0.4) is 0 Å². The van der Waals surface area contributed by atoms with Gasteiger partial charge in [-0.05, 0) is 14.0 Å². The molecule has 0 aromatic rings. The Morgan fingerprint density at radius 2 is 2.43 bits per heavy atom. The molecule has 1 atom stereocenters. The molecule has 0 spiro atoms. The summed E-state index contributed by atoms with van der Waals surface area (Å²) in [4.78, 5) is 3.83. The van der Waals surface area contributed by atoms with E-state index in [1.807, 2.05) is 14.0 Å². The third kappa shape index (κ3) is 3.72. The van der Waals surface area contributed by atoms with Gasteiger partial charge in [0.15, 0.2) is 0 Å². The second-order valence-electron chi connectivity index (χ2n) is 1.49. The molecule has 3 nitrogen and oxygen atoms in total. The zero-order valence-electron chi connectivity index (χ0n) is 4.64. The third-order valence-corrected chi connectivity index (χ3v) is 0.817. The molecule has 0 saturated heterocycles. The van der Waals surface area contributed by atoms with Gasteiger partial charge < -0.3 is 5.32 Å². The normalized spacial score (nSPS) is 14.1. The summed E-state index contributed by atoms with van der Waals surface area (Å²) in [5.41, 5.74) is 0. The zero-order valence-corrected chi connectivity index (χ0v) is 4.64. The molecule has 0 aliphatic rings. The highest BCUT2D eigenvalue weighted by atomic mass is 17.1. The maximum absolute atomic E-state index is 7.83. The Morgan fingerprint density at radius 3 is 2.57 bits per heavy atom. The second-order valence-corrected chi connectivity index (χ2v) is 1.49. The fraction of sp³-hybridized carbons (Fsp3) is 1.00. The van der Waals surface area contributed by atoms with Gasteiger partial charge in [-0.1, -0.05) is 0 Å². The molecule has 0 fully saturated rings. The van der Waals surface area contributed by atoms with Crippen LogP contribution in [0.25, 0.3) is 0 Å². The Hall–Kier alpha value is -0.120. The van der Waals surface area contributed by atoms with Crippen molar-refractivity contribution in [2.75, 3.05) is 13.7 Å².